The third kappa shape index (κ3) is 9.32. The summed E-state index contributed by atoms with van der Waals surface area (Å²) in [6, 6.07) is 8.90. The molecule has 0 bridgehead atoms. The highest BCUT2D eigenvalue weighted by Gasteiger charge is 2.20. The fourth-order valence-corrected chi connectivity index (χ4v) is 6.08. The highest BCUT2D eigenvalue weighted by atomic mass is 16.5. The van der Waals surface area contributed by atoms with Crippen molar-refractivity contribution in [3.8, 4) is 5.75 Å². The third-order valence-electron chi connectivity index (χ3n) is 8.29. The fourth-order valence-electron chi connectivity index (χ4n) is 6.08. The summed E-state index contributed by atoms with van der Waals surface area (Å²) in [5.74, 6) is 4.76. The lowest BCUT2D eigenvalue weighted by atomic mass is 9.78. The Labute approximate surface area is 199 Å². The molecule has 2 aliphatic rings. The molecule has 1 heteroatoms. The zero-order valence-electron chi connectivity index (χ0n) is 21.2. The molecule has 180 valence electrons. The molecule has 1 aromatic rings. The highest BCUT2D eigenvalue weighted by molar-refractivity contribution is 5.27. The normalized spacial score (nSPS) is 26.4. The van der Waals surface area contributed by atoms with Crippen molar-refractivity contribution in [1.29, 1.82) is 0 Å². The average molecular weight is 439 g/mol. The van der Waals surface area contributed by atoms with Crippen molar-refractivity contribution in [3.05, 3.63) is 42.0 Å². The molecule has 0 radical (unpaired) electrons. The fraction of sp³-hybridized carbons (Fsp3) is 0.742. The molecule has 0 N–H and O–H groups in total. The van der Waals surface area contributed by atoms with Crippen molar-refractivity contribution in [2.45, 2.75) is 117 Å². The Morgan fingerprint density at radius 3 is 2.00 bits per heavy atom. The summed E-state index contributed by atoms with van der Waals surface area (Å²) in [4.78, 5) is 0. The number of rotatable bonds is 13. The molecule has 2 aliphatic carbocycles. The Morgan fingerprint density at radius 1 is 0.719 bits per heavy atom. The minimum Gasteiger partial charge on any atom is -0.490 e. The van der Waals surface area contributed by atoms with Gasteiger partial charge in [-0.1, -0.05) is 102 Å². The van der Waals surface area contributed by atoms with Crippen LogP contribution in [0.5, 0.6) is 5.75 Å². The molecular weight excluding hydrogens is 388 g/mol. The molecule has 0 saturated heterocycles. The predicted octanol–water partition coefficient (Wildman–Crippen LogP) is 9.55. The Hall–Kier alpha value is -1.24. The first-order valence-electron chi connectivity index (χ1n) is 14.1. The molecule has 0 spiro atoms. The van der Waals surface area contributed by atoms with Crippen LogP contribution in [0.2, 0.25) is 0 Å². The number of benzene rings is 1. The smallest absolute Gasteiger partial charge is 0.119 e. The quantitative estimate of drug-likeness (QED) is 0.220. The van der Waals surface area contributed by atoms with Crippen LogP contribution in [0.4, 0.5) is 0 Å². The molecular formula is C31H50O. The Morgan fingerprint density at radius 2 is 1.34 bits per heavy atom. The second-order valence-electron chi connectivity index (χ2n) is 10.9. The maximum atomic E-state index is 5.98. The van der Waals surface area contributed by atoms with Crippen LogP contribution in [0.1, 0.15) is 116 Å². The molecule has 0 amide bonds. The molecule has 0 heterocycles. The van der Waals surface area contributed by atoms with E-state index in [1.165, 1.54) is 108 Å². The van der Waals surface area contributed by atoms with E-state index in [9.17, 15) is 0 Å². The second kappa shape index (κ2) is 14.8. The van der Waals surface area contributed by atoms with Gasteiger partial charge < -0.3 is 4.74 Å². The van der Waals surface area contributed by atoms with Gasteiger partial charge in [0.15, 0.2) is 0 Å². The first-order chi connectivity index (χ1) is 15.8. The van der Waals surface area contributed by atoms with E-state index in [1.807, 2.05) is 0 Å². The van der Waals surface area contributed by atoms with Crippen LogP contribution in [0, 0.1) is 23.7 Å². The minimum absolute atomic E-state index is 0.705. The molecule has 1 nitrogen and oxygen atoms in total. The summed E-state index contributed by atoms with van der Waals surface area (Å²) in [5, 5.41) is 0. The first kappa shape index (κ1) is 25.4. The van der Waals surface area contributed by atoms with E-state index in [0.29, 0.717) is 6.61 Å². The summed E-state index contributed by atoms with van der Waals surface area (Å²) >= 11 is 0. The van der Waals surface area contributed by atoms with E-state index >= 15 is 0 Å². The van der Waals surface area contributed by atoms with Gasteiger partial charge in [-0.15, -0.1) is 0 Å². The van der Waals surface area contributed by atoms with Gasteiger partial charge in [-0.2, -0.15) is 0 Å². The summed E-state index contributed by atoms with van der Waals surface area (Å²) in [7, 11) is 0. The average Bonchev–Trinajstić information content (AvgIpc) is 2.83. The van der Waals surface area contributed by atoms with Gasteiger partial charge in [-0.25, -0.2) is 0 Å². The van der Waals surface area contributed by atoms with Crippen LogP contribution in [-0.2, 0) is 6.42 Å². The van der Waals surface area contributed by atoms with Crippen molar-refractivity contribution >= 4 is 0 Å². The predicted molar refractivity (Wildman–Crippen MR) is 139 cm³/mol. The van der Waals surface area contributed by atoms with E-state index in [1.54, 1.807) is 0 Å². The van der Waals surface area contributed by atoms with E-state index in [0.717, 1.165) is 29.4 Å². The van der Waals surface area contributed by atoms with Gasteiger partial charge in [0.05, 0.1) is 0 Å². The van der Waals surface area contributed by atoms with Crippen LogP contribution >= 0.6 is 0 Å². The van der Waals surface area contributed by atoms with E-state index in [-0.39, 0.29) is 0 Å². The van der Waals surface area contributed by atoms with Crippen molar-refractivity contribution in [3.63, 3.8) is 0 Å². The topological polar surface area (TPSA) is 9.23 Å². The summed E-state index contributed by atoms with van der Waals surface area (Å²) in [6.45, 7) is 5.34. The molecule has 1 aromatic carbocycles. The number of ether oxygens (including phenoxy) is 1. The van der Waals surface area contributed by atoms with Crippen molar-refractivity contribution in [2.75, 3.05) is 6.61 Å². The lowest BCUT2D eigenvalue weighted by molar-refractivity contribution is 0.252. The zero-order valence-corrected chi connectivity index (χ0v) is 21.2. The van der Waals surface area contributed by atoms with Crippen LogP contribution in [-0.4, -0.2) is 6.61 Å². The van der Waals surface area contributed by atoms with Crippen molar-refractivity contribution in [1.82, 2.24) is 0 Å². The number of aryl methyl sites for hydroxylation is 1. The van der Waals surface area contributed by atoms with Gasteiger partial charge in [0.1, 0.15) is 12.4 Å². The Balaban J connectivity index is 1.27. The van der Waals surface area contributed by atoms with Crippen molar-refractivity contribution in [2.24, 2.45) is 23.7 Å². The summed E-state index contributed by atoms with van der Waals surface area (Å²) in [5.41, 5.74) is 1.47. The van der Waals surface area contributed by atoms with Gasteiger partial charge in [0.2, 0.25) is 0 Å². The highest BCUT2D eigenvalue weighted by Crippen LogP contribution is 2.34. The van der Waals surface area contributed by atoms with Crippen LogP contribution in [0.3, 0.4) is 0 Å². The lowest BCUT2D eigenvalue weighted by Gasteiger charge is -2.28. The monoisotopic (exact) mass is 438 g/mol. The van der Waals surface area contributed by atoms with Crippen LogP contribution in [0.25, 0.3) is 0 Å². The van der Waals surface area contributed by atoms with Gasteiger partial charge in [0.25, 0.3) is 0 Å². The maximum absolute atomic E-state index is 5.98. The van der Waals surface area contributed by atoms with Gasteiger partial charge in [-0.3, -0.25) is 0 Å². The Kier molecular flexibility index (Phi) is 11.8. The molecule has 2 saturated carbocycles. The summed E-state index contributed by atoms with van der Waals surface area (Å²) < 4.78 is 5.98. The molecule has 3 rings (SSSR count). The van der Waals surface area contributed by atoms with E-state index in [4.69, 9.17) is 4.74 Å². The SMILES string of the molecule is CCCCC[C@H]1CC[C@H](/C=C/COc2ccc(CC[C@H]3CC[C@H](CCC)CC3)cc2)CC1. The second-order valence-corrected chi connectivity index (χ2v) is 10.9. The van der Waals surface area contributed by atoms with E-state index < -0.39 is 0 Å². The number of allylic oxidation sites excluding steroid dienone is 1. The van der Waals surface area contributed by atoms with Crippen LogP contribution in [0.15, 0.2) is 36.4 Å². The van der Waals surface area contributed by atoms with E-state index in [2.05, 4.69) is 50.3 Å². The first-order valence-corrected chi connectivity index (χ1v) is 14.1. The van der Waals surface area contributed by atoms with Gasteiger partial charge in [-0.05, 0) is 79.9 Å². The van der Waals surface area contributed by atoms with Gasteiger partial charge in [0, 0.05) is 0 Å². The number of unbranched alkanes of at least 4 members (excludes halogenated alkanes) is 2. The molecule has 0 aromatic heterocycles. The molecule has 2 fully saturated rings. The van der Waals surface area contributed by atoms with Crippen LogP contribution < -0.4 is 4.74 Å². The van der Waals surface area contributed by atoms with Gasteiger partial charge >= 0.3 is 0 Å². The molecule has 0 atom stereocenters. The standard InChI is InChI=1S/C31H50O/c1-3-5-6-9-27-13-15-28(16-14-27)10-7-25-32-31-23-21-30(22-24-31)20-19-29-17-11-26(8-4-2)12-18-29/h7,10,21-24,26-29H,3-6,8-9,11-20,25H2,1-2H3/b10-7+/t26-,27-,28-,29-. The minimum atomic E-state index is 0.705. The zero-order chi connectivity index (χ0) is 22.4. The number of hydrogen-bond acceptors (Lipinski definition) is 1. The third-order valence-corrected chi connectivity index (χ3v) is 8.29. The van der Waals surface area contributed by atoms with Crippen molar-refractivity contribution < 1.29 is 4.74 Å². The number of hydrogen-bond donors (Lipinski definition) is 0. The molecule has 0 unspecified atom stereocenters. The largest absolute Gasteiger partial charge is 0.490 e. The molecule has 32 heavy (non-hydrogen) atoms. The summed E-state index contributed by atoms with van der Waals surface area (Å²) in [6.07, 6.45) is 27.2. The lowest BCUT2D eigenvalue weighted by Crippen LogP contribution is -2.15. The Bertz CT molecular complexity index is 614. The molecule has 0 aliphatic heterocycles. The maximum Gasteiger partial charge on any atom is 0.119 e.